The third-order valence-electron chi connectivity index (χ3n) is 2.53. The number of likely N-dealkylation sites (N-methyl/N-ethyl adjacent to an activating group) is 1. The second-order valence-electron chi connectivity index (χ2n) is 4.08. The highest BCUT2D eigenvalue weighted by atomic mass is 79.9. The summed E-state index contributed by atoms with van der Waals surface area (Å²) in [5, 5.41) is 2.79. The van der Waals surface area contributed by atoms with Crippen molar-refractivity contribution in [1.29, 1.82) is 0 Å². The molecule has 0 spiro atoms. The molecular formula is C12H16BrFN2O. The Kier molecular flexibility index (Phi) is 4.93. The lowest BCUT2D eigenvalue weighted by Gasteiger charge is -2.21. The standard InChI is InChI=1S/C12H16BrFN2O/c1-8(2)16(3)12(17)7-15-11-6-9(13)4-5-10(11)14/h4-6,8,15H,7H2,1-3H3. The van der Waals surface area contributed by atoms with Gasteiger partial charge in [-0.1, -0.05) is 15.9 Å². The maximum Gasteiger partial charge on any atom is 0.241 e. The molecule has 5 heteroatoms. The zero-order valence-electron chi connectivity index (χ0n) is 10.1. The first-order valence-electron chi connectivity index (χ1n) is 5.36. The predicted octanol–water partition coefficient (Wildman–Crippen LogP) is 2.87. The number of carbonyl (C=O) groups is 1. The van der Waals surface area contributed by atoms with E-state index in [4.69, 9.17) is 0 Å². The van der Waals surface area contributed by atoms with Crippen LogP contribution in [0, 0.1) is 5.82 Å². The number of anilines is 1. The van der Waals surface area contributed by atoms with Gasteiger partial charge in [0.05, 0.1) is 12.2 Å². The number of halogens is 2. The Labute approximate surface area is 109 Å². The summed E-state index contributed by atoms with van der Waals surface area (Å²) in [6.07, 6.45) is 0. The number of rotatable bonds is 4. The predicted molar refractivity (Wildman–Crippen MR) is 70.5 cm³/mol. The van der Waals surface area contributed by atoms with Crippen molar-refractivity contribution >= 4 is 27.5 Å². The van der Waals surface area contributed by atoms with E-state index in [2.05, 4.69) is 21.2 Å². The van der Waals surface area contributed by atoms with E-state index in [0.29, 0.717) is 5.69 Å². The summed E-state index contributed by atoms with van der Waals surface area (Å²) in [6.45, 7) is 3.94. The van der Waals surface area contributed by atoms with Crippen molar-refractivity contribution in [2.75, 3.05) is 18.9 Å². The maximum absolute atomic E-state index is 13.4. The van der Waals surface area contributed by atoms with Gasteiger partial charge in [-0.05, 0) is 32.0 Å². The van der Waals surface area contributed by atoms with Crippen LogP contribution in [0.15, 0.2) is 22.7 Å². The van der Waals surface area contributed by atoms with Gasteiger partial charge in [0.15, 0.2) is 0 Å². The van der Waals surface area contributed by atoms with E-state index >= 15 is 0 Å². The molecule has 1 aromatic carbocycles. The van der Waals surface area contributed by atoms with Crippen LogP contribution in [0.25, 0.3) is 0 Å². The molecule has 0 aliphatic heterocycles. The van der Waals surface area contributed by atoms with Gasteiger partial charge in [0.2, 0.25) is 5.91 Å². The van der Waals surface area contributed by atoms with Crippen LogP contribution in [0.2, 0.25) is 0 Å². The SMILES string of the molecule is CC(C)N(C)C(=O)CNc1cc(Br)ccc1F. The number of amides is 1. The number of nitrogens with one attached hydrogen (secondary N) is 1. The Bertz CT molecular complexity index is 409. The normalized spacial score (nSPS) is 10.5. The molecule has 1 amide bonds. The number of carbonyl (C=O) groups excluding carboxylic acids is 1. The Morgan fingerprint density at radius 3 is 2.76 bits per heavy atom. The summed E-state index contributed by atoms with van der Waals surface area (Å²) in [5.74, 6) is -0.437. The maximum atomic E-state index is 13.4. The fourth-order valence-corrected chi connectivity index (χ4v) is 1.58. The lowest BCUT2D eigenvalue weighted by Crippen LogP contribution is -2.37. The van der Waals surface area contributed by atoms with E-state index in [-0.39, 0.29) is 24.3 Å². The van der Waals surface area contributed by atoms with E-state index in [1.54, 1.807) is 24.1 Å². The highest BCUT2D eigenvalue weighted by Crippen LogP contribution is 2.19. The molecule has 0 unspecified atom stereocenters. The van der Waals surface area contributed by atoms with Gasteiger partial charge in [0.1, 0.15) is 5.82 Å². The van der Waals surface area contributed by atoms with Gasteiger partial charge in [0, 0.05) is 17.6 Å². The molecule has 1 aromatic rings. The summed E-state index contributed by atoms with van der Waals surface area (Å²) in [4.78, 5) is 13.3. The Balaban J connectivity index is 2.61. The molecule has 0 heterocycles. The molecule has 1 N–H and O–H groups in total. The van der Waals surface area contributed by atoms with Crippen LogP contribution in [0.4, 0.5) is 10.1 Å². The van der Waals surface area contributed by atoms with E-state index in [9.17, 15) is 9.18 Å². The molecular weight excluding hydrogens is 287 g/mol. The van der Waals surface area contributed by atoms with Crippen molar-refractivity contribution in [3.05, 3.63) is 28.5 Å². The number of hydrogen-bond acceptors (Lipinski definition) is 2. The molecule has 0 radical (unpaired) electrons. The minimum absolute atomic E-state index is 0.0700. The van der Waals surface area contributed by atoms with Gasteiger partial charge in [-0.25, -0.2) is 4.39 Å². The van der Waals surface area contributed by atoms with Crippen LogP contribution >= 0.6 is 15.9 Å². The molecule has 1 rings (SSSR count). The highest BCUT2D eigenvalue weighted by Gasteiger charge is 2.12. The zero-order valence-corrected chi connectivity index (χ0v) is 11.7. The molecule has 0 bridgehead atoms. The van der Waals surface area contributed by atoms with Crippen molar-refractivity contribution in [3.8, 4) is 0 Å². The third-order valence-corrected chi connectivity index (χ3v) is 3.02. The van der Waals surface area contributed by atoms with Crippen molar-refractivity contribution in [2.45, 2.75) is 19.9 Å². The molecule has 0 atom stereocenters. The lowest BCUT2D eigenvalue weighted by molar-refractivity contribution is -0.129. The van der Waals surface area contributed by atoms with Crippen LogP contribution in [-0.4, -0.2) is 30.4 Å². The Hall–Kier alpha value is -1.10. The number of hydrogen-bond donors (Lipinski definition) is 1. The molecule has 3 nitrogen and oxygen atoms in total. The van der Waals surface area contributed by atoms with Crippen molar-refractivity contribution < 1.29 is 9.18 Å². The third kappa shape index (κ3) is 4.00. The van der Waals surface area contributed by atoms with Gasteiger partial charge in [-0.15, -0.1) is 0 Å². The molecule has 0 aliphatic carbocycles. The van der Waals surface area contributed by atoms with Crippen LogP contribution in [-0.2, 0) is 4.79 Å². The molecule has 0 saturated heterocycles. The first kappa shape index (κ1) is 14.0. The minimum Gasteiger partial charge on any atom is -0.374 e. The summed E-state index contributed by atoms with van der Waals surface area (Å²) >= 11 is 3.25. The zero-order chi connectivity index (χ0) is 13.0. The highest BCUT2D eigenvalue weighted by molar-refractivity contribution is 9.10. The number of benzene rings is 1. The van der Waals surface area contributed by atoms with E-state index in [1.165, 1.54) is 6.07 Å². The monoisotopic (exact) mass is 302 g/mol. The summed E-state index contributed by atoms with van der Waals surface area (Å²) in [6, 6.07) is 4.71. The number of nitrogens with zero attached hydrogens (tertiary/aromatic N) is 1. The Morgan fingerprint density at radius 2 is 2.18 bits per heavy atom. The molecule has 0 saturated carbocycles. The second-order valence-corrected chi connectivity index (χ2v) is 4.99. The van der Waals surface area contributed by atoms with Crippen molar-refractivity contribution in [2.24, 2.45) is 0 Å². The van der Waals surface area contributed by atoms with E-state index in [0.717, 1.165) is 4.47 Å². The van der Waals surface area contributed by atoms with Gasteiger partial charge >= 0.3 is 0 Å². The lowest BCUT2D eigenvalue weighted by atomic mass is 10.3. The average Bonchev–Trinajstić information content (AvgIpc) is 2.28. The van der Waals surface area contributed by atoms with E-state index in [1.807, 2.05) is 13.8 Å². The molecule has 0 aliphatic rings. The van der Waals surface area contributed by atoms with Crippen molar-refractivity contribution in [3.63, 3.8) is 0 Å². The molecule has 17 heavy (non-hydrogen) atoms. The van der Waals surface area contributed by atoms with Crippen LogP contribution in [0.3, 0.4) is 0 Å². The summed E-state index contributed by atoms with van der Waals surface area (Å²) < 4.78 is 14.1. The largest absolute Gasteiger partial charge is 0.374 e. The van der Waals surface area contributed by atoms with Crippen LogP contribution < -0.4 is 5.32 Å². The molecule has 94 valence electrons. The summed E-state index contributed by atoms with van der Waals surface area (Å²) in [5.41, 5.74) is 0.324. The first-order valence-corrected chi connectivity index (χ1v) is 6.15. The minimum atomic E-state index is -0.367. The molecule has 0 fully saturated rings. The van der Waals surface area contributed by atoms with Crippen LogP contribution in [0.5, 0.6) is 0 Å². The van der Waals surface area contributed by atoms with Gasteiger partial charge < -0.3 is 10.2 Å². The van der Waals surface area contributed by atoms with Crippen LogP contribution in [0.1, 0.15) is 13.8 Å². The quantitative estimate of drug-likeness (QED) is 0.927. The first-order chi connectivity index (χ1) is 7.91. The molecule has 0 aromatic heterocycles. The second kappa shape index (κ2) is 6.00. The van der Waals surface area contributed by atoms with Crippen molar-refractivity contribution in [1.82, 2.24) is 4.90 Å². The average molecular weight is 303 g/mol. The topological polar surface area (TPSA) is 32.3 Å². The van der Waals surface area contributed by atoms with E-state index < -0.39 is 0 Å². The fourth-order valence-electron chi connectivity index (χ4n) is 1.22. The smallest absolute Gasteiger partial charge is 0.241 e. The summed E-state index contributed by atoms with van der Waals surface area (Å²) in [7, 11) is 1.73. The van der Waals surface area contributed by atoms with Gasteiger partial charge in [-0.3, -0.25) is 4.79 Å². The van der Waals surface area contributed by atoms with Gasteiger partial charge in [0.25, 0.3) is 0 Å². The Morgan fingerprint density at radius 1 is 1.53 bits per heavy atom. The fraction of sp³-hybridized carbons (Fsp3) is 0.417. The van der Waals surface area contributed by atoms with Gasteiger partial charge in [-0.2, -0.15) is 0 Å².